The fraction of sp³-hybridized carbons (Fsp3) is 0.800. The molecule has 86 valence electrons. The lowest BCUT2D eigenvalue weighted by Crippen LogP contribution is -2.29. The zero-order chi connectivity index (χ0) is 11.9. The summed E-state index contributed by atoms with van der Waals surface area (Å²) in [5.74, 6) is -1.20. The SMILES string of the molecule is COC(=O)C1(Br)CC1C(=O)OC(C)(C)C. The Labute approximate surface area is 97.4 Å². The van der Waals surface area contributed by atoms with Crippen LogP contribution in [0.25, 0.3) is 0 Å². The molecule has 0 aromatic heterocycles. The Morgan fingerprint density at radius 2 is 1.93 bits per heavy atom. The molecular weight excluding hydrogens is 264 g/mol. The highest BCUT2D eigenvalue weighted by Crippen LogP contribution is 2.53. The number of methoxy groups -OCH3 is 1. The van der Waals surface area contributed by atoms with Gasteiger partial charge in [-0.2, -0.15) is 0 Å². The van der Waals surface area contributed by atoms with Crippen LogP contribution >= 0.6 is 15.9 Å². The Morgan fingerprint density at radius 1 is 1.40 bits per heavy atom. The maximum atomic E-state index is 11.6. The van der Waals surface area contributed by atoms with Crippen LogP contribution in [0.4, 0.5) is 0 Å². The Morgan fingerprint density at radius 3 is 2.33 bits per heavy atom. The number of hydrogen-bond acceptors (Lipinski definition) is 4. The van der Waals surface area contributed by atoms with Gasteiger partial charge < -0.3 is 9.47 Å². The molecule has 4 nitrogen and oxygen atoms in total. The number of hydrogen-bond donors (Lipinski definition) is 0. The molecule has 1 rings (SSSR count). The molecule has 5 heteroatoms. The summed E-state index contributed by atoms with van der Waals surface area (Å²) in [6.45, 7) is 5.38. The molecule has 0 aliphatic heterocycles. The third-order valence-corrected chi connectivity index (χ3v) is 3.31. The van der Waals surface area contributed by atoms with Crippen LogP contribution < -0.4 is 0 Å². The topological polar surface area (TPSA) is 52.6 Å². The van der Waals surface area contributed by atoms with Crippen LogP contribution in [-0.2, 0) is 19.1 Å². The minimum atomic E-state index is -0.857. The molecule has 1 fully saturated rings. The van der Waals surface area contributed by atoms with Gasteiger partial charge in [0, 0.05) is 0 Å². The molecule has 0 bridgehead atoms. The molecule has 0 saturated heterocycles. The lowest BCUT2D eigenvalue weighted by Gasteiger charge is -2.19. The summed E-state index contributed by atoms with van der Waals surface area (Å²) >= 11 is 3.21. The summed E-state index contributed by atoms with van der Waals surface area (Å²) in [6.07, 6.45) is 0.439. The molecule has 2 atom stereocenters. The summed E-state index contributed by atoms with van der Waals surface area (Å²) in [6, 6.07) is 0. The van der Waals surface area contributed by atoms with Crippen LogP contribution in [0.2, 0.25) is 0 Å². The van der Waals surface area contributed by atoms with Gasteiger partial charge in [-0.25, -0.2) is 0 Å². The highest BCUT2D eigenvalue weighted by atomic mass is 79.9. The fourth-order valence-corrected chi connectivity index (χ4v) is 1.95. The maximum Gasteiger partial charge on any atom is 0.323 e. The molecule has 1 aliphatic carbocycles. The Balaban J connectivity index is 2.57. The maximum absolute atomic E-state index is 11.6. The Kier molecular flexibility index (Phi) is 3.14. The summed E-state index contributed by atoms with van der Waals surface area (Å²) in [4.78, 5) is 22.9. The normalized spacial score (nSPS) is 29.5. The summed E-state index contributed by atoms with van der Waals surface area (Å²) in [7, 11) is 1.30. The summed E-state index contributed by atoms with van der Waals surface area (Å²) < 4.78 is 8.91. The highest BCUT2D eigenvalue weighted by molar-refractivity contribution is 9.10. The van der Waals surface area contributed by atoms with Crippen molar-refractivity contribution in [2.24, 2.45) is 5.92 Å². The molecule has 0 N–H and O–H groups in total. The second kappa shape index (κ2) is 3.77. The lowest BCUT2D eigenvalue weighted by molar-refractivity contribution is -0.158. The predicted molar refractivity (Wildman–Crippen MR) is 57.6 cm³/mol. The number of esters is 2. The summed E-state index contributed by atoms with van der Waals surface area (Å²) in [5.41, 5.74) is -0.524. The molecule has 0 spiro atoms. The molecule has 0 heterocycles. The molecular formula is C10H15BrO4. The zero-order valence-corrected chi connectivity index (χ0v) is 10.9. The van der Waals surface area contributed by atoms with Crippen molar-refractivity contribution in [1.29, 1.82) is 0 Å². The first kappa shape index (κ1) is 12.5. The van der Waals surface area contributed by atoms with Gasteiger partial charge in [0.15, 0.2) is 0 Å². The van der Waals surface area contributed by atoms with Gasteiger partial charge in [0.25, 0.3) is 0 Å². The van der Waals surface area contributed by atoms with Gasteiger partial charge in [-0.1, -0.05) is 15.9 Å². The first-order valence-electron chi connectivity index (χ1n) is 4.71. The van der Waals surface area contributed by atoms with Gasteiger partial charge in [-0.3, -0.25) is 9.59 Å². The highest BCUT2D eigenvalue weighted by Gasteiger charge is 2.64. The fourth-order valence-electron chi connectivity index (χ4n) is 1.28. The molecule has 15 heavy (non-hydrogen) atoms. The number of carbonyl (C=O) groups is 2. The van der Waals surface area contributed by atoms with Gasteiger partial charge in [0.1, 0.15) is 9.93 Å². The molecule has 1 saturated carbocycles. The van der Waals surface area contributed by atoms with Crippen LogP contribution in [0.5, 0.6) is 0 Å². The van der Waals surface area contributed by atoms with Crippen LogP contribution in [0.1, 0.15) is 27.2 Å². The average molecular weight is 279 g/mol. The van der Waals surface area contributed by atoms with Crippen molar-refractivity contribution < 1.29 is 19.1 Å². The first-order valence-corrected chi connectivity index (χ1v) is 5.50. The smallest absolute Gasteiger partial charge is 0.323 e. The molecule has 0 aromatic carbocycles. The van der Waals surface area contributed by atoms with Crippen molar-refractivity contribution in [3.63, 3.8) is 0 Å². The number of carbonyl (C=O) groups excluding carboxylic acids is 2. The van der Waals surface area contributed by atoms with Gasteiger partial charge in [0.2, 0.25) is 0 Å². The van der Waals surface area contributed by atoms with E-state index in [1.165, 1.54) is 7.11 Å². The van der Waals surface area contributed by atoms with Crippen molar-refractivity contribution in [2.75, 3.05) is 7.11 Å². The van der Waals surface area contributed by atoms with Gasteiger partial charge in [0.05, 0.1) is 13.0 Å². The monoisotopic (exact) mass is 278 g/mol. The second-order valence-corrected chi connectivity index (χ2v) is 6.06. The number of alkyl halides is 1. The minimum absolute atomic E-state index is 0.357. The van der Waals surface area contributed by atoms with E-state index in [9.17, 15) is 9.59 Å². The number of ether oxygens (including phenoxy) is 2. The summed E-state index contributed by atoms with van der Waals surface area (Å²) in [5, 5.41) is 0. The van der Waals surface area contributed by atoms with Gasteiger partial charge in [-0.05, 0) is 27.2 Å². The van der Waals surface area contributed by atoms with E-state index in [1.807, 2.05) is 0 Å². The van der Waals surface area contributed by atoms with Crippen LogP contribution in [0, 0.1) is 5.92 Å². The third kappa shape index (κ3) is 2.71. The average Bonchev–Trinajstić information content (AvgIpc) is 2.75. The Hall–Kier alpha value is -0.580. The van der Waals surface area contributed by atoms with E-state index in [2.05, 4.69) is 20.7 Å². The number of halogens is 1. The van der Waals surface area contributed by atoms with Crippen molar-refractivity contribution in [3.05, 3.63) is 0 Å². The minimum Gasteiger partial charge on any atom is -0.468 e. The predicted octanol–water partition coefficient (Wildman–Crippen LogP) is 1.65. The zero-order valence-electron chi connectivity index (χ0n) is 9.30. The molecule has 0 aromatic rings. The van der Waals surface area contributed by atoms with Crippen molar-refractivity contribution in [1.82, 2.24) is 0 Å². The second-order valence-electron chi connectivity index (χ2n) is 4.64. The molecule has 1 aliphatic rings. The van der Waals surface area contributed by atoms with Gasteiger partial charge in [-0.15, -0.1) is 0 Å². The first-order chi connectivity index (χ1) is 6.70. The van der Waals surface area contributed by atoms with Crippen LogP contribution in [-0.4, -0.2) is 29.0 Å². The molecule has 0 amide bonds. The standard InChI is InChI=1S/C10H15BrO4/c1-9(2,3)15-7(12)6-5-10(6,11)8(13)14-4/h6H,5H2,1-4H3. The third-order valence-electron chi connectivity index (χ3n) is 2.11. The van der Waals surface area contributed by atoms with Crippen molar-refractivity contribution in [3.8, 4) is 0 Å². The van der Waals surface area contributed by atoms with E-state index in [-0.39, 0.29) is 5.97 Å². The lowest BCUT2D eigenvalue weighted by atomic mass is 10.2. The van der Waals surface area contributed by atoms with E-state index in [1.54, 1.807) is 20.8 Å². The molecule has 0 radical (unpaired) electrons. The van der Waals surface area contributed by atoms with Crippen molar-refractivity contribution in [2.45, 2.75) is 37.1 Å². The van der Waals surface area contributed by atoms with E-state index in [0.717, 1.165) is 0 Å². The van der Waals surface area contributed by atoms with E-state index < -0.39 is 21.8 Å². The molecule has 2 unspecified atom stereocenters. The van der Waals surface area contributed by atoms with E-state index >= 15 is 0 Å². The van der Waals surface area contributed by atoms with Crippen LogP contribution in [0.3, 0.4) is 0 Å². The quantitative estimate of drug-likeness (QED) is 0.569. The largest absolute Gasteiger partial charge is 0.468 e. The number of rotatable bonds is 2. The van der Waals surface area contributed by atoms with Crippen molar-refractivity contribution >= 4 is 27.9 Å². The van der Waals surface area contributed by atoms with E-state index in [0.29, 0.717) is 6.42 Å². The van der Waals surface area contributed by atoms with E-state index in [4.69, 9.17) is 4.74 Å². The van der Waals surface area contributed by atoms with Gasteiger partial charge >= 0.3 is 11.9 Å². The van der Waals surface area contributed by atoms with Crippen LogP contribution in [0.15, 0.2) is 0 Å². The Bertz CT molecular complexity index is 294.